The number of benzene rings is 2. The molecule has 0 spiro atoms. The molecule has 2 heterocycles. The monoisotopic (exact) mass is 516 g/mol. The lowest BCUT2D eigenvalue weighted by molar-refractivity contribution is 0.0118. The van der Waals surface area contributed by atoms with E-state index in [4.69, 9.17) is 9.16 Å². The van der Waals surface area contributed by atoms with Gasteiger partial charge in [0.15, 0.2) is 6.29 Å². The van der Waals surface area contributed by atoms with Crippen molar-refractivity contribution in [3.8, 4) is 0 Å². The molecule has 1 aliphatic rings. The van der Waals surface area contributed by atoms with Crippen molar-refractivity contribution in [3.05, 3.63) is 89.7 Å². The second-order valence-electron chi connectivity index (χ2n) is 11.5. The van der Waals surface area contributed by atoms with Crippen LogP contribution in [0, 0.1) is 0 Å². The molecule has 1 aliphatic heterocycles. The second kappa shape index (κ2) is 10.2. The van der Waals surface area contributed by atoms with Crippen LogP contribution in [0.3, 0.4) is 0 Å². The maximum atomic E-state index is 13.3. The minimum atomic E-state index is -2.82. The van der Waals surface area contributed by atoms with Crippen molar-refractivity contribution in [2.24, 2.45) is 0 Å². The molecule has 1 aromatic heterocycles. The van der Waals surface area contributed by atoms with E-state index in [1.807, 2.05) is 39.0 Å². The summed E-state index contributed by atoms with van der Waals surface area (Å²) in [6.45, 7) is 12.8. The van der Waals surface area contributed by atoms with Gasteiger partial charge in [-0.25, -0.2) is 9.78 Å². The Morgan fingerprint density at radius 2 is 1.51 bits per heavy atom. The number of fused-ring (bicyclic) bond motifs is 1. The van der Waals surface area contributed by atoms with Gasteiger partial charge < -0.3 is 9.16 Å². The molecule has 3 aromatic rings. The highest BCUT2D eigenvalue weighted by Crippen LogP contribution is 2.40. The number of ether oxygens (including phenoxy) is 1. The number of pyridine rings is 1. The van der Waals surface area contributed by atoms with Crippen LogP contribution in [0.2, 0.25) is 5.04 Å². The highest BCUT2D eigenvalue weighted by atomic mass is 28.4. The van der Waals surface area contributed by atoms with Crippen molar-refractivity contribution in [1.29, 1.82) is 0 Å². The van der Waals surface area contributed by atoms with Crippen molar-refractivity contribution in [3.63, 3.8) is 0 Å². The van der Waals surface area contributed by atoms with E-state index in [0.29, 0.717) is 11.4 Å². The normalized spacial score (nSPS) is 15.8. The molecule has 0 saturated heterocycles. The molecule has 2 aromatic carbocycles. The van der Waals surface area contributed by atoms with E-state index >= 15 is 0 Å². The number of hydrogen-bond donors (Lipinski definition) is 0. The molecule has 0 fully saturated rings. The van der Waals surface area contributed by atoms with Crippen LogP contribution in [0.15, 0.2) is 72.8 Å². The van der Waals surface area contributed by atoms with Gasteiger partial charge in [0.25, 0.3) is 8.32 Å². The number of aldehydes is 1. The third-order valence-electron chi connectivity index (χ3n) is 6.71. The average molecular weight is 517 g/mol. The smallest absolute Gasteiger partial charge is 0.411 e. The number of nitrogens with zero attached hydrogens (tertiary/aromatic N) is 2. The van der Waals surface area contributed by atoms with E-state index < -0.39 is 20.0 Å². The average Bonchev–Trinajstić information content (AvgIpc) is 3.22. The van der Waals surface area contributed by atoms with Gasteiger partial charge in [0.2, 0.25) is 0 Å². The number of rotatable bonds is 6. The van der Waals surface area contributed by atoms with Crippen LogP contribution < -0.4 is 10.4 Å². The zero-order valence-electron chi connectivity index (χ0n) is 22.5. The Hall–Kier alpha value is -3.29. The quantitative estimate of drug-likeness (QED) is 0.330. The van der Waals surface area contributed by atoms with Crippen molar-refractivity contribution in [1.82, 2.24) is 9.88 Å². The van der Waals surface area contributed by atoms with E-state index in [1.54, 1.807) is 11.0 Å². The summed E-state index contributed by atoms with van der Waals surface area (Å²) in [6.07, 6.45) is 0.304. The Morgan fingerprint density at radius 3 is 2.00 bits per heavy atom. The van der Waals surface area contributed by atoms with E-state index in [1.165, 1.54) is 10.4 Å². The van der Waals surface area contributed by atoms with Gasteiger partial charge in [-0.2, -0.15) is 0 Å². The minimum absolute atomic E-state index is 0.201. The molecule has 0 aliphatic carbocycles. The minimum Gasteiger partial charge on any atom is -0.444 e. The molecule has 0 saturated carbocycles. The molecule has 0 radical (unpaired) electrons. The summed E-state index contributed by atoms with van der Waals surface area (Å²) in [7, 11) is -2.82. The lowest BCUT2D eigenvalue weighted by Gasteiger charge is -2.44. The maximum Gasteiger partial charge on any atom is 0.411 e. The first kappa shape index (κ1) is 26.8. The third-order valence-corrected chi connectivity index (χ3v) is 11.7. The molecule has 1 atom stereocenters. The van der Waals surface area contributed by atoms with Crippen LogP contribution in [-0.4, -0.2) is 42.8 Å². The highest BCUT2D eigenvalue weighted by molar-refractivity contribution is 6.99. The number of amides is 1. The van der Waals surface area contributed by atoms with E-state index in [-0.39, 0.29) is 24.2 Å². The first-order valence-electron chi connectivity index (χ1n) is 12.7. The fourth-order valence-electron chi connectivity index (χ4n) is 5.12. The van der Waals surface area contributed by atoms with Crippen molar-refractivity contribution in [2.75, 3.05) is 6.61 Å². The van der Waals surface area contributed by atoms with Crippen LogP contribution in [-0.2, 0) is 15.7 Å². The standard InChI is InChI=1S/C30H36N2O4Si/c1-29(2,3)36-28(34)32-19-26-25(18-17-22(20-33)31-26)27(32)21-35-37(30(4,5)6,23-13-9-7-10-14-23)24-15-11-8-12-16-24/h7-18,20,27H,19,21H2,1-6H3. The molecule has 6 nitrogen and oxygen atoms in total. The van der Waals surface area contributed by atoms with Crippen LogP contribution in [0.4, 0.5) is 4.79 Å². The summed E-state index contributed by atoms with van der Waals surface area (Å²) < 4.78 is 12.9. The number of carbonyl (C=O) groups excluding carboxylic acids is 2. The Bertz CT molecular complexity index is 1210. The molecule has 37 heavy (non-hydrogen) atoms. The van der Waals surface area contributed by atoms with Crippen LogP contribution in [0.25, 0.3) is 0 Å². The molecule has 7 heteroatoms. The van der Waals surface area contributed by atoms with E-state index in [9.17, 15) is 9.59 Å². The molecule has 194 valence electrons. The number of carbonyl (C=O) groups is 2. The summed E-state index contributed by atoms with van der Waals surface area (Å²) >= 11 is 0. The van der Waals surface area contributed by atoms with Gasteiger partial charge in [-0.05, 0) is 42.2 Å². The van der Waals surface area contributed by atoms with Crippen LogP contribution >= 0.6 is 0 Å². The van der Waals surface area contributed by atoms with Crippen LogP contribution in [0.5, 0.6) is 0 Å². The van der Waals surface area contributed by atoms with Gasteiger partial charge in [0.05, 0.1) is 24.9 Å². The highest BCUT2D eigenvalue weighted by Gasteiger charge is 2.51. The number of aromatic nitrogens is 1. The van der Waals surface area contributed by atoms with E-state index in [2.05, 4.69) is 74.3 Å². The summed E-state index contributed by atoms with van der Waals surface area (Å²) in [4.78, 5) is 30.9. The Balaban J connectivity index is 1.79. The van der Waals surface area contributed by atoms with Gasteiger partial charge in [0.1, 0.15) is 11.3 Å². The van der Waals surface area contributed by atoms with Gasteiger partial charge in [-0.15, -0.1) is 0 Å². The predicted octanol–water partition coefficient (Wildman–Crippen LogP) is 5.26. The van der Waals surface area contributed by atoms with Crippen molar-refractivity contribution in [2.45, 2.75) is 64.8 Å². The molecular weight excluding hydrogens is 480 g/mol. The topological polar surface area (TPSA) is 68.7 Å². The summed E-state index contributed by atoms with van der Waals surface area (Å²) in [6, 6.07) is 24.0. The second-order valence-corrected chi connectivity index (χ2v) is 15.8. The van der Waals surface area contributed by atoms with Gasteiger partial charge in [-0.1, -0.05) is 87.5 Å². The molecule has 4 rings (SSSR count). The Morgan fingerprint density at radius 1 is 0.946 bits per heavy atom. The predicted molar refractivity (Wildman–Crippen MR) is 148 cm³/mol. The van der Waals surface area contributed by atoms with Gasteiger partial charge in [-0.3, -0.25) is 9.69 Å². The zero-order valence-corrected chi connectivity index (χ0v) is 23.5. The largest absolute Gasteiger partial charge is 0.444 e. The molecule has 1 unspecified atom stereocenters. The first-order valence-corrected chi connectivity index (χ1v) is 14.6. The Labute approximate surface area is 220 Å². The first-order chi connectivity index (χ1) is 17.5. The zero-order chi connectivity index (χ0) is 26.8. The molecule has 0 N–H and O–H groups in total. The molecular formula is C30H36N2O4Si. The lowest BCUT2D eigenvalue weighted by atomic mass is 10.1. The van der Waals surface area contributed by atoms with Gasteiger partial charge in [0, 0.05) is 5.56 Å². The molecule has 0 bridgehead atoms. The fourth-order valence-corrected chi connectivity index (χ4v) is 9.69. The Kier molecular flexibility index (Phi) is 7.40. The van der Waals surface area contributed by atoms with Crippen LogP contribution in [0.1, 0.15) is 69.3 Å². The summed E-state index contributed by atoms with van der Waals surface area (Å²) in [5.41, 5.74) is 1.29. The SMILES string of the molecule is CC(C)(C)OC(=O)N1Cc2nc(C=O)ccc2C1CO[Si](c1ccccc1)(c1ccccc1)C(C)(C)C. The summed E-state index contributed by atoms with van der Waals surface area (Å²) in [5, 5.41) is 2.14. The number of hydrogen-bond acceptors (Lipinski definition) is 5. The maximum absolute atomic E-state index is 13.3. The van der Waals surface area contributed by atoms with Gasteiger partial charge >= 0.3 is 6.09 Å². The third kappa shape index (κ3) is 5.38. The fraction of sp³-hybridized carbons (Fsp3) is 0.367. The van der Waals surface area contributed by atoms with Crippen molar-refractivity contribution >= 4 is 31.1 Å². The van der Waals surface area contributed by atoms with Crippen molar-refractivity contribution < 1.29 is 18.8 Å². The lowest BCUT2D eigenvalue weighted by Crippen LogP contribution is -2.67. The summed E-state index contributed by atoms with van der Waals surface area (Å²) in [5.74, 6) is 0. The molecule has 1 amide bonds. The van der Waals surface area contributed by atoms with E-state index in [0.717, 1.165) is 11.8 Å².